The molecule has 2 aromatic carbocycles. The summed E-state index contributed by atoms with van der Waals surface area (Å²) in [5.41, 5.74) is 3.15. The third kappa shape index (κ3) is 4.81. The molecule has 1 atom stereocenters. The molecule has 5 rings (SSSR count). The molecule has 1 spiro atoms. The number of piperidine rings is 1. The maximum atomic E-state index is 14.3. The Morgan fingerprint density at radius 2 is 1.92 bits per heavy atom. The van der Waals surface area contributed by atoms with Gasteiger partial charge >= 0.3 is 6.03 Å². The van der Waals surface area contributed by atoms with Crippen LogP contribution in [-0.2, 0) is 6.54 Å². The summed E-state index contributed by atoms with van der Waals surface area (Å²) in [6.07, 6.45) is 4.76. The average Bonchev–Trinajstić information content (AvgIpc) is 3.49. The third-order valence-corrected chi connectivity index (χ3v) is 7.31. The topological polar surface area (TPSA) is 84.9 Å². The summed E-state index contributed by atoms with van der Waals surface area (Å²) in [5, 5.41) is 16.7. The number of halogens is 1. The normalized spacial score (nSPS) is 18.7. The van der Waals surface area contributed by atoms with Crippen LogP contribution in [0.15, 0.2) is 54.9 Å². The van der Waals surface area contributed by atoms with Crippen LogP contribution < -0.4 is 9.64 Å². The molecule has 36 heavy (non-hydrogen) atoms. The summed E-state index contributed by atoms with van der Waals surface area (Å²) in [7, 11) is 1.51. The number of aromatic amines is 1. The van der Waals surface area contributed by atoms with Gasteiger partial charge in [0.05, 0.1) is 31.5 Å². The number of aliphatic hydroxyl groups is 1. The zero-order chi connectivity index (χ0) is 25.3. The van der Waals surface area contributed by atoms with Crippen molar-refractivity contribution in [2.24, 2.45) is 0 Å². The van der Waals surface area contributed by atoms with E-state index in [-0.39, 0.29) is 17.4 Å². The van der Waals surface area contributed by atoms with E-state index >= 15 is 0 Å². The number of likely N-dealkylation sites (tertiary alicyclic amines) is 1. The minimum atomic E-state index is -0.398. The molecule has 1 aromatic heterocycles. The van der Waals surface area contributed by atoms with E-state index in [2.05, 4.69) is 15.1 Å². The van der Waals surface area contributed by atoms with Gasteiger partial charge in [-0.05, 0) is 55.2 Å². The van der Waals surface area contributed by atoms with Gasteiger partial charge in [-0.1, -0.05) is 12.1 Å². The Labute approximate surface area is 210 Å². The predicted molar refractivity (Wildman–Crippen MR) is 135 cm³/mol. The molecule has 2 fully saturated rings. The molecule has 9 heteroatoms. The van der Waals surface area contributed by atoms with Crippen molar-refractivity contribution < 1.29 is 19.0 Å². The molecule has 2 amide bonds. The number of carbonyl (C=O) groups excluding carboxylic acids is 1. The minimum Gasteiger partial charge on any atom is -0.497 e. The van der Waals surface area contributed by atoms with Crippen LogP contribution >= 0.6 is 0 Å². The number of nitrogens with one attached hydrogen (secondary N) is 1. The van der Waals surface area contributed by atoms with Crippen LogP contribution in [0.3, 0.4) is 0 Å². The molecule has 2 aliphatic rings. The van der Waals surface area contributed by atoms with Gasteiger partial charge in [0.25, 0.3) is 0 Å². The third-order valence-electron chi connectivity index (χ3n) is 7.31. The molecule has 3 heterocycles. The second-order valence-corrected chi connectivity index (χ2v) is 9.86. The van der Waals surface area contributed by atoms with E-state index in [0.29, 0.717) is 30.9 Å². The van der Waals surface area contributed by atoms with Gasteiger partial charge in [-0.15, -0.1) is 0 Å². The summed E-state index contributed by atoms with van der Waals surface area (Å²) in [5.74, 6) is 0.0487. The number of β-amino-alcohol motifs (C(OH)–C–C–N with tert-alkyl or cyclic N) is 1. The van der Waals surface area contributed by atoms with Crippen molar-refractivity contribution in [2.45, 2.75) is 38.0 Å². The number of aliphatic hydroxyl groups excluding tert-OH is 1. The molecule has 190 valence electrons. The lowest BCUT2D eigenvalue weighted by Crippen LogP contribution is -2.54. The van der Waals surface area contributed by atoms with Crippen molar-refractivity contribution in [3.05, 3.63) is 66.2 Å². The van der Waals surface area contributed by atoms with Gasteiger partial charge in [0, 0.05) is 49.7 Å². The highest BCUT2D eigenvalue weighted by Crippen LogP contribution is 2.40. The first kappa shape index (κ1) is 24.3. The number of nitrogens with zero attached hydrogens (tertiary/aromatic N) is 4. The Balaban J connectivity index is 1.43. The highest BCUT2D eigenvalue weighted by Gasteiger charge is 2.51. The number of anilines is 1. The number of benzene rings is 2. The molecule has 1 unspecified atom stereocenters. The number of ether oxygens (including phenoxy) is 1. The number of amides is 2. The Kier molecular flexibility index (Phi) is 6.68. The summed E-state index contributed by atoms with van der Waals surface area (Å²) >= 11 is 0. The lowest BCUT2D eigenvalue weighted by atomic mass is 9.86. The first-order valence-corrected chi connectivity index (χ1v) is 12.3. The molecular weight excluding hydrogens is 461 g/mol. The number of H-pyrrole nitrogens is 1. The summed E-state index contributed by atoms with van der Waals surface area (Å²) < 4.78 is 19.5. The molecule has 8 nitrogen and oxygen atoms in total. The second-order valence-electron chi connectivity index (χ2n) is 9.86. The van der Waals surface area contributed by atoms with Crippen molar-refractivity contribution in [1.29, 1.82) is 0 Å². The zero-order valence-corrected chi connectivity index (χ0v) is 20.7. The van der Waals surface area contributed by atoms with Gasteiger partial charge in [0.1, 0.15) is 11.6 Å². The van der Waals surface area contributed by atoms with Crippen LogP contribution in [0.5, 0.6) is 5.75 Å². The fraction of sp³-hybridized carbons (Fsp3) is 0.407. The maximum Gasteiger partial charge on any atom is 0.325 e. The van der Waals surface area contributed by atoms with E-state index < -0.39 is 6.10 Å². The van der Waals surface area contributed by atoms with E-state index in [1.807, 2.05) is 40.3 Å². The minimum absolute atomic E-state index is 0.0849. The molecular formula is C27H32FN5O3. The average molecular weight is 494 g/mol. The predicted octanol–water partition coefficient (Wildman–Crippen LogP) is 3.88. The summed E-state index contributed by atoms with van der Waals surface area (Å²) in [4.78, 5) is 19.8. The Morgan fingerprint density at radius 1 is 1.17 bits per heavy atom. The van der Waals surface area contributed by atoms with Crippen LogP contribution in [-0.4, -0.2) is 76.1 Å². The van der Waals surface area contributed by atoms with E-state index in [4.69, 9.17) is 4.74 Å². The first-order chi connectivity index (χ1) is 17.4. The van der Waals surface area contributed by atoms with Crippen molar-refractivity contribution in [2.75, 3.05) is 38.2 Å². The van der Waals surface area contributed by atoms with E-state index in [1.165, 1.54) is 19.2 Å². The molecule has 2 N–H and O–H groups in total. The van der Waals surface area contributed by atoms with E-state index in [0.717, 1.165) is 42.7 Å². The van der Waals surface area contributed by atoms with Gasteiger partial charge < -0.3 is 19.6 Å². The number of hydrogen-bond donors (Lipinski definition) is 2. The quantitative estimate of drug-likeness (QED) is 0.522. The van der Waals surface area contributed by atoms with E-state index in [9.17, 15) is 14.3 Å². The molecule has 0 aliphatic carbocycles. The molecule has 2 aliphatic heterocycles. The molecule has 0 saturated carbocycles. The number of urea groups is 1. The van der Waals surface area contributed by atoms with Crippen molar-refractivity contribution in [1.82, 2.24) is 20.0 Å². The zero-order valence-electron chi connectivity index (χ0n) is 20.7. The molecule has 0 radical (unpaired) electrons. The first-order valence-electron chi connectivity index (χ1n) is 12.3. The van der Waals surface area contributed by atoms with Crippen LogP contribution in [0, 0.1) is 5.82 Å². The molecule has 0 bridgehead atoms. The number of methoxy groups -OCH3 is 1. The number of rotatable bonds is 7. The Morgan fingerprint density at radius 3 is 2.56 bits per heavy atom. The largest absolute Gasteiger partial charge is 0.497 e. The monoisotopic (exact) mass is 493 g/mol. The van der Waals surface area contributed by atoms with Crippen LogP contribution in [0.25, 0.3) is 11.1 Å². The standard InChI is InChI=1S/C27H32FN5O3/c1-19(34)16-31-9-7-27(8-10-31)18-32(24-5-3-21(4-6-24)22-14-29-30-15-22)26(35)33(27)17-20-11-23(28)13-25(12-20)36-2/h3-6,11-15,19,34H,7-10,16-18H2,1-2H3,(H,29,30). The number of hydrogen-bond acceptors (Lipinski definition) is 5. The fourth-order valence-corrected chi connectivity index (χ4v) is 5.44. The Hall–Kier alpha value is -3.43. The smallest absolute Gasteiger partial charge is 0.325 e. The van der Waals surface area contributed by atoms with E-state index in [1.54, 1.807) is 19.2 Å². The fourth-order valence-electron chi connectivity index (χ4n) is 5.44. The van der Waals surface area contributed by atoms with Crippen LogP contribution in [0.1, 0.15) is 25.3 Å². The van der Waals surface area contributed by atoms with Gasteiger partial charge in [-0.3, -0.25) is 10.00 Å². The van der Waals surface area contributed by atoms with Gasteiger partial charge in [0.2, 0.25) is 0 Å². The highest BCUT2D eigenvalue weighted by atomic mass is 19.1. The molecule has 2 saturated heterocycles. The lowest BCUT2D eigenvalue weighted by Gasteiger charge is -2.44. The second kappa shape index (κ2) is 9.91. The van der Waals surface area contributed by atoms with Crippen LogP contribution in [0.2, 0.25) is 0 Å². The van der Waals surface area contributed by atoms with Crippen molar-refractivity contribution in [3.63, 3.8) is 0 Å². The van der Waals surface area contributed by atoms with Gasteiger partial charge in [-0.25, -0.2) is 9.18 Å². The summed E-state index contributed by atoms with van der Waals surface area (Å²) in [6.45, 7) is 4.84. The van der Waals surface area contributed by atoms with Crippen molar-refractivity contribution >= 4 is 11.7 Å². The Bertz CT molecular complexity index is 1190. The number of carbonyl (C=O) groups is 1. The van der Waals surface area contributed by atoms with Crippen LogP contribution in [0.4, 0.5) is 14.9 Å². The highest BCUT2D eigenvalue weighted by molar-refractivity contribution is 5.95. The molecule has 3 aromatic rings. The number of aromatic nitrogens is 2. The van der Waals surface area contributed by atoms with Crippen molar-refractivity contribution in [3.8, 4) is 16.9 Å². The maximum absolute atomic E-state index is 14.3. The SMILES string of the molecule is COc1cc(F)cc(CN2C(=O)N(c3ccc(-c4cn[nH]c4)cc3)CC23CCN(CC(C)O)CC3)c1. The summed E-state index contributed by atoms with van der Waals surface area (Å²) in [6, 6.07) is 12.4. The van der Waals surface area contributed by atoms with Gasteiger partial charge in [0.15, 0.2) is 0 Å². The van der Waals surface area contributed by atoms with Gasteiger partial charge in [-0.2, -0.15) is 5.10 Å². The lowest BCUT2D eigenvalue weighted by molar-refractivity contribution is 0.0488.